The second-order valence-electron chi connectivity index (χ2n) is 8.90. The lowest BCUT2D eigenvalue weighted by Crippen LogP contribution is -2.45. The molecule has 0 bridgehead atoms. The summed E-state index contributed by atoms with van der Waals surface area (Å²) in [5.41, 5.74) is 4.72. The number of carbonyl (C=O) groups is 2. The Balaban J connectivity index is 1.57. The average molecular weight is 494 g/mol. The van der Waals surface area contributed by atoms with Crippen LogP contribution in [0.1, 0.15) is 28.5 Å². The molecule has 0 aliphatic rings. The van der Waals surface area contributed by atoms with Gasteiger partial charge in [-0.25, -0.2) is 4.68 Å². The first-order valence-electron chi connectivity index (χ1n) is 12.0. The van der Waals surface area contributed by atoms with Crippen molar-refractivity contribution >= 4 is 28.5 Å². The Morgan fingerprint density at radius 3 is 2.46 bits per heavy atom. The van der Waals surface area contributed by atoms with Crippen LogP contribution in [0.15, 0.2) is 95.6 Å². The van der Waals surface area contributed by atoms with Crippen LogP contribution in [0, 0.1) is 13.8 Å². The summed E-state index contributed by atoms with van der Waals surface area (Å²) in [5.74, 6) is 0.0165. The van der Waals surface area contributed by atoms with Gasteiger partial charge in [-0.05, 0) is 55.3 Å². The second-order valence-corrected chi connectivity index (χ2v) is 8.90. The number of nitrogens with one attached hydrogen (secondary N) is 1. The summed E-state index contributed by atoms with van der Waals surface area (Å²) >= 11 is 0. The number of rotatable bonds is 8. The number of nitrogens with zero attached hydrogens (tertiary/aromatic N) is 4. The Morgan fingerprint density at radius 2 is 1.70 bits per heavy atom. The second kappa shape index (κ2) is 10.5. The molecule has 0 aliphatic heterocycles. The number of carbonyl (C=O) groups excluding carboxylic acids is 2. The molecule has 2 aromatic heterocycles. The first kappa shape index (κ1) is 24.0. The number of amides is 2. The maximum atomic E-state index is 14.1. The van der Waals surface area contributed by atoms with Crippen molar-refractivity contribution in [2.24, 2.45) is 0 Å². The molecule has 0 saturated heterocycles. The monoisotopic (exact) mass is 493 g/mol. The third-order valence-electron chi connectivity index (χ3n) is 6.27. The maximum Gasteiger partial charge on any atom is 0.249 e. The summed E-state index contributed by atoms with van der Waals surface area (Å²) in [7, 11) is 0. The van der Waals surface area contributed by atoms with Gasteiger partial charge in [0.15, 0.2) is 0 Å². The number of hydrogen-bond acceptors (Lipinski definition) is 5. The van der Waals surface area contributed by atoms with Crippen molar-refractivity contribution in [3.63, 3.8) is 0 Å². The SMILES string of the molecule is Cc1ccc([C@H](C(=O)NCc2ccco2)N(C(=O)Cn2nnc3ccccc32)c2ccccc2C)cc1. The molecule has 0 unspecified atom stereocenters. The molecule has 5 rings (SSSR count). The van der Waals surface area contributed by atoms with Crippen LogP contribution < -0.4 is 10.2 Å². The third-order valence-corrected chi connectivity index (χ3v) is 6.27. The minimum absolute atomic E-state index is 0.0807. The van der Waals surface area contributed by atoms with Crippen molar-refractivity contribution in [2.45, 2.75) is 33.0 Å². The lowest BCUT2D eigenvalue weighted by molar-refractivity contribution is -0.127. The topological polar surface area (TPSA) is 93.3 Å². The van der Waals surface area contributed by atoms with Crippen LogP contribution in [0.5, 0.6) is 0 Å². The largest absolute Gasteiger partial charge is 0.467 e. The summed E-state index contributed by atoms with van der Waals surface area (Å²) in [6.45, 7) is 4.03. The number of fused-ring (bicyclic) bond motifs is 1. The van der Waals surface area contributed by atoms with Gasteiger partial charge < -0.3 is 9.73 Å². The summed E-state index contributed by atoms with van der Waals surface area (Å²) < 4.78 is 6.96. The lowest BCUT2D eigenvalue weighted by Gasteiger charge is -2.32. The molecule has 8 nitrogen and oxygen atoms in total. The molecule has 2 amide bonds. The third kappa shape index (κ3) is 5.13. The Bertz CT molecular complexity index is 1520. The van der Waals surface area contributed by atoms with E-state index in [2.05, 4.69) is 15.6 Å². The van der Waals surface area contributed by atoms with E-state index in [9.17, 15) is 9.59 Å². The van der Waals surface area contributed by atoms with Gasteiger partial charge in [-0.2, -0.15) is 0 Å². The molecule has 0 spiro atoms. The van der Waals surface area contributed by atoms with E-state index in [1.54, 1.807) is 28.0 Å². The van der Waals surface area contributed by atoms with E-state index in [4.69, 9.17) is 4.42 Å². The van der Waals surface area contributed by atoms with Gasteiger partial charge in [-0.3, -0.25) is 14.5 Å². The average Bonchev–Trinajstić information content (AvgIpc) is 3.58. The van der Waals surface area contributed by atoms with Crippen LogP contribution in [0.2, 0.25) is 0 Å². The Kier molecular flexibility index (Phi) is 6.81. The number of aryl methyl sites for hydroxylation is 2. The number of furan rings is 1. The standard InChI is InChI=1S/C29H27N5O3/c1-20-13-15-22(16-14-20)28(29(36)30-18-23-9-7-17-37-23)34(25-11-5-3-8-21(25)2)27(35)19-33-26-12-6-4-10-24(26)31-32-33/h3-17,28H,18-19H2,1-2H3,(H,30,36)/t28-/m1/s1. The fourth-order valence-electron chi connectivity index (χ4n) is 4.34. The minimum Gasteiger partial charge on any atom is -0.467 e. The van der Waals surface area contributed by atoms with Gasteiger partial charge in [-0.1, -0.05) is 65.4 Å². The molecule has 0 saturated carbocycles. The zero-order chi connectivity index (χ0) is 25.8. The van der Waals surface area contributed by atoms with Crippen molar-refractivity contribution in [3.05, 3.63) is 114 Å². The highest BCUT2D eigenvalue weighted by Gasteiger charge is 2.34. The number of anilines is 1. The normalized spacial score (nSPS) is 11.8. The van der Waals surface area contributed by atoms with Crippen LogP contribution in [-0.4, -0.2) is 26.8 Å². The van der Waals surface area contributed by atoms with E-state index in [1.807, 2.05) is 86.6 Å². The first-order chi connectivity index (χ1) is 18.0. The van der Waals surface area contributed by atoms with Crippen molar-refractivity contribution in [2.75, 3.05) is 4.90 Å². The molecule has 1 N–H and O–H groups in total. The molecular weight excluding hydrogens is 466 g/mol. The van der Waals surface area contributed by atoms with Crippen molar-refractivity contribution < 1.29 is 14.0 Å². The summed E-state index contributed by atoms with van der Waals surface area (Å²) in [5, 5.41) is 11.3. The summed E-state index contributed by atoms with van der Waals surface area (Å²) in [6.07, 6.45) is 1.56. The Labute approximate surface area is 214 Å². The van der Waals surface area contributed by atoms with E-state index < -0.39 is 6.04 Å². The molecule has 8 heteroatoms. The fraction of sp³-hybridized carbons (Fsp3) is 0.172. The number of para-hydroxylation sites is 2. The van der Waals surface area contributed by atoms with Gasteiger partial charge in [0.25, 0.3) is 0 Å². The van der Waals surface area contributed by atoms with E-state index >= 15 is 0 Å². The van der Waals surface area contributed by atoms with Gasteiger partial charge in [0, 0.05) is 5.69 Å². The number of hydrogen-bond donors (Lipinski definition) is 1. The first-order valence-corrected chi connectivity index (χ1v) is 12.0. The Morgan fingerprint density at radius 1 is 0.946 bits per heavy atom. The molecule has 186 valence electrons. The van der Waals surface area contributed by atoms with Gasteiger partial charge in [0.1, 0.15) is 23.9 Å². The predicted molar refractivity (Wildman–Crippen MR) is 141 cm³/mol. The molecule has 37 heavy (non-hydrogen) atoms. The summed E-state index contributed by atoms with van der Waals surface area (Å²) in [6, 6.07) is 25.3. The van der Waals surface area contributed by atoms with Crippen LogP contribution >= 0.6 is 0 Å². The Hall–Kier alpha value is -4.72. The van der Waals surface area contributed by atoms with E-state index in [1.165, 1.54) is 0 Å². The van der Waals surface area contributed by atoms with E-state index in [-0.39, 0.29) is 24.9 Å². The highest BCUT2D eigenvalue weighted by molar-refractivity contribution is 6.02. The highest BCUT2D eigenvalue weighted by Crippen LogP contribution is 2.31. The number of benzene rings is 3. The van der Waals surface area contributed by atoms with Crippen molar-refractivity contribution in [1.29, 1.82) is 0 Å². The van der Waals surface area contributed by atoms with Crippen molar-refractivity contribution in [1.82, 2.24) is 20.3 Å². The zero-order valence-electron chi connectivity index (χ0n) is 20.7. The highest BCUT2D eigenvalue weighted by atomic mass is 16.3. The number of aromatic nitrogens is 3. The van der Waals surface area contributed by atoms with Crippen LogP contribution in [0.3, 0.4) is 0 Å². The molecule has 0 aliphatic carbocycles. The van der Waals surface area contributed by atoms with E-state index in [0.29, 0.717) is 22.5 Å². The quantitative estimate of drug-likeness (QED) is 0.337. The molecule has 0 fully saturated rings. The zero-order valence-corrected chi connectivity index (χ0v) is 20.7. The van der Waals surface area contributed by atoms with Crippen LogP contribution in [0.4, 0.5) is 5.69 Å². The molecule has 1 atom stereocenters. The fourth-order valence-corrected chi connectivity index (χ4v) is 4.34. The van der Waals surface area contributed by atoms with Gasteiger partial charge in [0.05, 0.1) is 18.3 Å². The van der Waals surface area contributed by atoms with Gasteiger partial charge >= 0.3 is 0 Å². The van der Waals surface area contributed by atoms with Crippen LogP contribution in [-0.2, 0) is 22.7 Å². The van der Waals surface area contributed by atoms with Crippen molar-refractivity contribution in [3.8, 4) is 0 Å². The molecule has 3 aromatic carbocycles. The van der Waals surface area contributed by atoms with Gasteiger partial charge in [-0.15, -0.1) is 5.10 Å². The van der Waals surface area contributed by atoms with E-state index in [0.717, 1.165) is 16.6 Å². The summed E-state index contributed by atoms with van der Waals surface area (Å²) in [4.78, 5) is 29.4. The molecule has 5 aromatic rings. The van der Waals surface area contributed by atoms with Gasteiger partial charge in [0.2, 0.25) is 11.8 Å². The molecule has 0 radical (unpaired) electrons. The smallest absolute Gasteiger partial charge is 0.249 e. The maximum absolute atomic E-state index is 14.1. The van der Waals surface area contributed by atoms with Crippen LogP contribution in [0.25, 0.3) is 11.0 Å². The lowest BCUT2D eigenvalue weighted by atomic mass is 10.0. The minimum atomic E-state index is -0.918. The predicted octanol–water partition coefficient (Wildman–Crippen LogP) is 4.73. The molecular formula is C29H27N5O3. The molecule has 2 heterocycles.